The number of hydrogen-bond acceptors (Lipinski definition) is 4. The second kappa shape index (κ2) is 5.75. The van der Waals surface area contributed by atoms with Crippen molar-refractivity contribution in [2.24, 2.45) is 0 Å². The molecule has 5 nitrogen and oxygen atoms in total. The summed E-state index contributed by atoms with van der Waals surface area (Å²) < 4.78 is 17.2. The minimum absolute atomic E-state index is 0.0585. The number of aromatic nitrogens is 1. The molecule has 0 N–H and O–H groups in total. The van der Waals surface area contributed by atoms with E-state index in [1.807, 2.05) is 12.1 Å². The van der Waals surface area contributed by atoms with Crippen LogP contribution in [0.3, 0.4) is 0 Å². The summed E-state index contributed by atoms with van der Waals surface area (Å²) in [5.41, 5.74) is 0.749. The highest BCUT2D eigenvalue weighted by Crippen LogP contribution is 2.31. The monoisotopic (exact) mass is 263 g/mol. The van der Waals surface area contributed by atoms with Crippen LogP contribution in [0.4, 0.5) is 0 Å². The summed E-state index contributed by atoms with van der Waals surface area (Å²) in [6.07, 6.45) is 0. The van der Waals surface area contributed by atoms with Gasteiger partial charge in [0.15, 0.2) is 11.5 Å². The molecule has 102 valence electrons. The number of nitrogens with zero attached hydrogens (tertiary/aromatic N) is 1. The van der Waals surface area contributed by atoms with E-state index in [2.05, 4.69) is 0 Å². The molecule has 0 atom stereocenters. The Bertz CT molecular complexity index is 633. The zero-order valence-electron chi connectivity index (χ0n) is 11.3. The van der Waals surface area contributed by atoms with Gasteiger partial charge in [0, 0.05) is 31.2 Å². The molecule has 0 fully saturated rings. The van der Waals surface area contributed by atoms with E-state index in [0.29, 0.717) is 24.7 Å². The lowest BCUT2D eigenvalue weighted by Crippen LogP contribution is -2.21. The SMILES string of the molecule is COCCn1c(=O)ccc2cc(OC)c(OC)cc21. The van der Waals surface area contributed by atoms with Crippen LogP contribution < -0.4 is 15.0 Å². The highest BCUT2D eigenvalue weighted by molar-refractivity contribution is 5.83. The Morgan fingerprint density at radius 1 is 1.05 bits per heavy atom. The molecule has 0 aliphatic heterocycles. The molecular weight excluding hydrogens is 246 g/mol. The largest absolute Gasteiger partial charge is 0.493 e. The van der Waals surface area contributed by atoms with Crippen molar-refractivity contribution in [1.82, 2.24) is 4.57 Å². The molecule has 1 aromatic carbocycles. The van der Waals surface area contributed by atoms with Crippen LogP contribution in [0.5, 0.6) is 11.5 Å². The summed E-state index contributed by atoms with van der Waals surface area (Å²) in [4.78, 5) is 11.9. The van der Waals surface area contributed by atoms with Crippen molar-refractivity contribution in [2.75, 3.05) is 27.9 Å². The van der Waals surface area contributed by atoms with E-state index in [-0.39, 0.29) is 5.56 Å². The standard InChI is InChI=1S/C14H17NO4/c1-17-7-6-15-11-9-13(19-3)12(18-2)8-10(11)4-5-14(15)16/h4-5,8-9H,6-7H2,1-3H3. The third-order valence-corrected chi connectivity index (χ3v) is 3.01. The molecule has 0 aliphatic carbocycles. The minimum atomic E-state index is -0.0585. The molecule has 0 radical (unpaired) electrons. The lowest BCUT2D eigenvalue weighted by molar-refractivity contribution is 0.187. The van der Waals surface area contributed by atoms with Crippen molar-refractivity contribution >= 4 is 10.9 Å². The van der Waals surface area contributed by atoms with Gasteiger partial charge in [0.1, 0.15) is 0 Å². The predicted molar refractivity (Wildman–Crippen MR) is 73.2 cm³/mol. The third kappa shape index (κ3) is 2.56. The Balaban J connectivity index is 2.66. The number of ether oxygens (including phenoxy) is 3. The van der Waals surface area contributed by atoms with Crippen LogP contribution in [0.15, 0.2) is 29.1 Å². The topological polar surface area (TPSA) is 49.7 Å². The van der Waals surface area contributed by atoms with Crippen molar-refractivity contribution in [1.29, 1.82) is 0 Å². The number of fused-ring (bicyclic) bond motifs is 1. The van der Waals surface area contributed by atoms with Crippen LogP contribution in [0.1, 0.15) is 0 Å². The van der Waals surface area contributed by atoms with Gasteiger partial charge in [0.05, 0.1) is 26.3 Å². The van der Waals surface area contributed by atoms with Crippen molar-refractivity contribution < 1.29 is 14.2 Å². The van der Waals surface area contributed by atoms with Crippen LogP contribution >= 0.6 is 0 Å². The second-order valence-corrected chi connectivity index (χ2v) is 4.08. The van der Waals surface area contributed by atoms with Crippen molar-refractivity contribution in [3.05, 3.63) is 34.6 Å². The Morgan fingerprint density at radius 3 is 2.37 bits per heavy atom. The lowest BCUT2D eigenvalue weighted by atomic mass is 10.2. The molecule has 0 bridgehead atoms. The Labute approximate surface area is 111 Å². The highest BCUT2D eigenvalue weighted by Gasteiger charge is 2.09. The van der Waals surface area contributed by atoms with Gasteiger partial charge in [-0.1, -0.05) is 0 Å². The molecule has 0 aliphatic rings. The first-order valence-corrected chi connectivity index (χ1v) is 5.95. The first-order chi connectivity index (χ1) is 9.21. The molecule has 0 spiro atoms. The third-order valence-electron chi connectivity index (χ3n) is 3.01. The van der Waals surface area contributed by atoms with Gasteiger partial charge in [-0.25, -0.2) is 0 Å². The average molecular weight is 263 g/mol. The van der Waals surface area contributed by atoms with Crippen molar-refractivity contribution in [3.8, 4) is 11.5 Å². The first-order valence-electron chi connectivity index (χ1n) is 5.95. The normalized spacial score (nSPS) is 10.7. The fraction of sp³-hybridized carbons (Fsp3) is 0.357. The fourth-order valence-electron chi connectivity index (χ4n) is 2.03. The van der Waals surface area contributed by atoms with Crippen LogP contribution in [-0.2, 0) is 11.3 Å². The van der Waals surface area contributed by atoms with E-state index in [1.165, 1.54) is 0 Å². The van der Waals surface area contributed by atoms with E-state index in [0.717, 1.165) is 10.9 Å². The maximum absolute atomic E-state index is 11.9. The smallest absolute Gasteiger partial charge is 0.251 e. The first kappa shape index (κ1) is 13.4. The van der Waals surface area contributed by atoms with Gasteiger partial charge in [0.25, 0.3) is 5.56 Å². The molecule has 0 unspecified atom stereocenters. The summed E-state index contributed by atoms with van der Waals surface area (Å²) in [6.45, 7) is 0.982. The molecule has 19 heavy (non-hydrogen) atoms. The summed E-state index contributed by atoms with van der Waals surface area (Å²) >= 11 is 0. The zero-order valence-corrected chi connectivity index (χ0v) is 11.3. The van der Waals surface area contributed by atoms with E-state index in [1.54, 1.807) is 38.0 Å². The van der Waals surface area contributed by atoms with E-state index in [9.17, 15) is 4.79 Å². The molecular formula is C14H17NO4. The fourth-order valence-corrected chi connectivity index (χ4v) is 2.03. The van der Waals surface area contributed by atoms with Crippen LogP contribution in [-0.4, -0.2) is 32.5 Å². The lowest BCUT2D eigenvalue weighted by Gasteiger charge is -2.13. The molecule has 0 saturated carbocycles. The van der Waals surface area contributed by atoms with E-state index >= 15 is 0 Å². The van der Waals surface area contributed by atoms with Gasteiger partial charge in [-0.15, -0.1) is 0 Å². The van der Waals surface area contributed by atoms with Gasteiger partial charge in [0.2, 0.25) is 0 Å². The van der Waals surface area contributed by atoms with Crippen LogP contribution in [0, 0.1) is 0 Å². The second-order valence-electron chi connectivity index (χ2n) is 4.08. The van der Waals surface area contributed by atoms with Crippen LogP contribution in [0.2, 0.25) is 0 Å². The van der Waals surface area contributed by atoms with Gasteiger partial charge >= 0.3 is 0 Å². The molecule has 2 aromatic rings. The predicted octanol–water partition coefficient (Wildman–Crippen LogP) is 1.67. The van der Waals surface area contributed by atoms with Gasteiger partial charge < -0.3 is 18.8 Å². The maximum Gasteiger partial charge on any atom is 0.251 e. The Morgan fingerprint density at radius 2 is 1.74 bits per heavy atom. The molecule has 1 heterocycles. The summed E-state index contributed by atoms with van der Waals surface area (Å²) in [7, 11) is 4.77. The minimum Gasteiger partial charge on any atom is -0.493 e. The summed E-state index contributed by atoms with van der Waals surface area (Å²) in [5.74, 6) is 1.25. The van der Waals surface area contributed by atoms with E-state index in [4.69, 9.17) is 14.2 Å². The summed E-state index contributed by atoms with van der Waals surface area (Å²) in [5, 5.41) is 0.924. The van der Waals surface area contributed by atoms with Crippen LogP contribution in [0.25, 0.3) is 10.9 Å². The maximum atomic E-state index is 11.9. The highest BCUT2D eigenvalue weighted by atomic mass is 16.5. The number of methoxy groups -OCH3 is 3. The number of pyridine rings is 1. The van der Waals surface area contributed by atoms with E-state index < -0.39 is 0 Å². The summed E-state index contributed by atoms with van der Waals surface area (Å²) in [6, 6.07) is 7.00. The van der Waals surface area contributed by atoms with Gasteiger partial charge in [-0.2, -0.15) is 0 Å². The van der Waals surface area contributed by atoms with Crippen molar-refractivity contribution in [2.45, 2.75) is 6.54 Å². The van der Waals surface area contributed by atoms with Gasteiger partial charge in [-0.3, -0.25) is 4.79 Å². The quantitative estimate of drug-likeness (QED) is 0.823. The van der Waals surface area contributed by atoms with Crippen molar-refractivity contribution in [3.63, 3.8) is 0 Å². The Kier molecular flexibility index (Phi) is 4.06. The molecule has 0 saturated heterocycles. The number of hydrogen-bond donors (Lipinski definition) is 0. The Hall–Kier alpha value is -2.01. The number of benzene rings is 1. The molecule has 5 heteroatoms. The molecule has 2 rings (SSSR count). The average Bonchev–Trinajstić information content (AvgIpc) is 2.44. The zero-order chi connectivity index (χ0) is 13.8. The molecule has 0 amide bonds. The van der Waals surface area contributed by atoms with Gasteiger partial charge in [-0.05, 0) is 12.1 Å². The number of rotatable bonds is 5. The molecule has 1 aromatic heterocycles.